The van der Waals surface area contributed by atoms with Crippen molar-refractivity contribution in [3.05, 3.63) is 35.4 Å². The largest absolute Gasteiger partial charge is 0.349 e. The van der Waals surface area contributed by atoms with Gasteiger partial charge in [-0.15, -0.1) is 0 Å². The Morgan fingerprint density at radius 1 is 1.17 bits per heavy atom. The summed E-state index contributed by atoms with van der Waals surface area (Å²) >= 11 is 0. The quantitative estimate of drug-likeness (QED) is 0.928. The fourth-order valence-corrected chi connectivity index (χ4v) is 3.64. The predicted molar refractivity (Wildman–Crippen MR) is 90.0 cm³/mol. The number of nitrogens with one attached hydrogen (secondary N) is 1. The molecular weight excluding hydrogens is 288 g/mol. The molecule has 0 aromatic heterocycles. The van der Waals surface area contributed by atoms with Crippen LogP contribution in [0.2, 0.25) is 0 Å². The molecule has 2 fully saturated rings. The zero-order valence-electron chi connectivity index (χ0n) is 13.9. The van der Waals surface area contributed by atoms with Gasteiger partial charge in [0.1, 0.15) is 0 Å². The summed E-state index contributed by atoms with van der Waals surface area (Å²) in [7, 11) is 0. The molecule has 124 valence electrons. The van der Waals surface area contributed by atoms with Crippen molar-refractivity contribution in [2.24, 2.45) is 5.92 Å². The Labute approximate surface area is 138 Å². The molecule has 2 atom stereocenters. The van der Waals surface area contributed by atoms with Gasteiger partial charge in [-0.05, 0) is 42.9 Å². The average molecular weight is 314 g/mol. The standard InChI is InChI=1S/C19H26N2O2/c1-14-5-2-3-6-17(14)20-19(23)16-10-8-15(9-11-16)13-21-12-4-7-18(21)22/h8-11,14,17H,2-7,12-13H2,1H3,(H,20,23). The normalized spacial score (nSPS) is 24.7. The second-order valence-corrected chi connectivity index (χ2v) is 6.96. The highest BCUT2D eigenvalue weighted by atomic mass is 16.2. The van der Waals surface area contributed by atoms with Crippen LogP contribution in [-0.2, 0) is 11.3 Å². The number of hydrogen-bond donors (Lipinski definition) is 1. The number of benzene rings is 1. The highest BCUT2D eigenvalue weighted by molar-refractivity contribution is 5.94. The molecule has 1 saturated carbocycles. The molecule has 0 radical (unpaired) electrons. The maximum atomic E-state index is 12.4. The maximum absolute atomic E-state index is 12.4. The summed E-state index contributed by atoms with van der Waals surface area (Å²) in [5.41, 5.74) is 1.79. The van der Waals surface area contributed by atoms with E-state index in [4.69, 9.17) is 0 Å². The lowest BCUT2D eigenvalue weighted by Crippen LogP contribution is -2.41. The van der Waals surface area contributed by atoms with Gasteiger partial charge >= 0.3 is 0 Å². The SMILES string of the molecule is CC1CCCCC1NC(=O)c1ccc(CN2CCCC2=O)cc1. The number of carbonyl (C=O) groups is 2. The Balaban J connectivity index is 1.57. The minimum absolute atomic E-state index is 0.0209. The molecule has 3 rings (SSSR count). The number of rotatable bonds is 4. The highest BCUT2D eigenvalue weighted by Crippen LogP contribution is 2.24. The van der Waals surface area contributed by atoms with Crippen molar-refractivity contribution in [2.45, 2.75) is 58.0 Å². The van der Waals surface area contributed by atoms with Crippen molar-refractivity contribution in [1.29, 1.82) is 0 Å². The first-order valence-corrected chi connectivity index (χ1v) is 8.81. The molecule has 1 N–H and O–H groups in total. The molecule has 4 nitrogen and oxygen atoms in total. The summed E-state index contributed by atoms with van der Waals surface area (Å²) in [4.78, 5) is 25.9. The van der Waals surface area contributed by atoms with Gasteiger partial charge in [0, 0.05) is 31.1 Å². The Morgan fingerprint density at radius 3 is 2.57 bits per heavy atom. The van der Waals surface area contributed by atoms with Crippen molar-refractivity contribution >= 4 is 11.8 Å². The Hall–Kier alpha value is -1.84. The fraction of sp³-hybridized carbons (Fsp3) is 0.579. The molecule has 1 aliphatic carbocycles. The Kier molecular flexibility index (Phi) is 4.99. The molecule has 1 saturated heterocycles. The van der Waals surface area contributed by atoms with E-state index in [0.717, 1.165) is 24.9 Å². The van der Waals surface area contributed by atoms with E-state index in [9.17, 15) is 9.59 Å². The summed E-state index contributed by atoms with van der Waals surface area (Å²) in [5, 5.41) is 3.18. The summed E-state index contributed by atoms with van der Waals surface area (Å²) in [5.74, 6) is 0.818. The van der Waals surface area contributed by atoms with Gasteiger partial charge in [0.25, 0.3) is 5.91 Å². The molecule has 2 aliphatic rings. The minimum Gasteiger partial charge on any atom is -0.349 e. The first kappa shape index (κ1) is 16.0. The number of nitrogens with zero attached hydrogens (tertiary/aromatic N) is 1. The van der Waals surface area contributed by atoms with Crippen LogP contribution in [0.1, 0.15) is 61.4 Å². The summed E-state index contributed by atoms with van der Waals surface area (Å²) < 4.78 is 0. The number of hydrogen-bond acceptors (Lipinski definition) is 2. The number of carbonyl (C=O) groups excluding carboxylic acids is 2. The summed E-state index contributed by atoms with van der Waals surface area (Å²) in [6.45, 7) is 3.72. The molecule has 1 aromatic carbocycles. The van der Waals surface area contributed by atoms with E-state index in [0.29, 0.717) is 30.5 Å². The second kappa shape index (κ2) is 7.16. The van der Waals surface area contributed by atoms with Gasteiger partial charge in [-0.25, -0.2) is 0 Å². The van der Waals surface area contributed by atoms with E-state index in [1.807, 2.05) is 29.2 Å². The van der Waals surface area contributed by atoms with Crippen LogP contribution in [-0.4, -0.2) is 29.3 Å². The molecule has 2 amide bonds. The van der Waals surface area contributed by atoms with Crippen LogP contribution < -0.4 is 5.32 Å². The van der Waals surface area contributed by atoms with Gasteiger partial charge in [-0.2, -0.15) is 0 Å². The van der Waals surface area contributed by atoms with E-state index in [1.54, 1.807) is 0 Å². The lowest BCUT2D eigenvalue weighted by molar-refractivity contribution is -0.128. The molecule has 0 spiro atoms. The third-order valence-corrected chi connectivity index (χ3v) is 5.19. The van der Waals surface area contributed by atoms with Crippen LogP contribution in [0.3, 0.4) is 0 Å². The van der Waals surface area contributed by atoms with Crippen LogP contribution in [0.5, 0.6) is 0 Å². The van der Waals surface area contributed by atoms with Crippen LogP contribution in [0, 0.1) is 5.92 Å². The van der Waals surface area contributed by atoms with Crippen LogP contribution in [0.4, 0.5) is 0 Å². The van der Waals surface area contributed by atoms with Crippen molar-refractivity contribution in [3.63, 3.8) is 0 Å². The first-order chi connectivity index (χ1) is 11.1. The van der Waals surface area contributed by atoms with Crippen LogP contribution >= 0.6 is 0 Å². The zero-order valence-corrected chi connectivity index (χ0v) is 13.9. The highest BCUT2D eigenvalue weighted by Gasteiger charge is 2.23. The van der Waals surface area contributed by atoms with Crippen molar-refractivity contribution in [2.75, 3.05) is 6.54 Å². The average Bonchev–Trinajstić information content (AvgIpc) is 2.95. The molecule has 1 aromatic rings. The summed E-state index contributed by atoms with van der Waals surface area (Å²) in [6, 6.07) is 7.98. The van der Waals surface area contributed by atoms with Crippen molar-refractivity contribution in [3.8, 4) is 0 Å². The van der Waals surface area contributed by atoms with Crippen molar-refractivity contribution in [1.82, 2.24) is 10.2 Å². The molecule has 23 heavy (non-hydrogen) atoms. The molecule has 0 bridgehead atoms. The molecule has 1 aliphatic heterocycles. The van der Waals surface area contributed by atoms with Gasteiger partial charge in [0.05, 0.1) is 0 Å². The molecular formula is C19H26N2O2. The zero-order chi connectivity index (χ0) is 16.2. The number of amides is 2. The number of likely N-dealkylation sites (tertiary alicyclic amines) is 1. The predicted octanol–water partition coefficient (Wildman–Crippen LogP) is 3.12. The van der Waals surface area contributed by atoms with Gasteiger partial charge in [-0.1, -0.05) is 31.9 Å². The van der Waals surface area contributed by atoms with E-state index in [1.165, 1.54) is 19.3 Å². The van der Waals surface area contributed by atoms with Gasteiger partial charge in [-0.3, -0.25) is 9.59 Å². The van der Waals surface area contributed by atoms with Gasteiger partial charge in [0.15, 0.2) is 0 Å². The topological polar surface area (TPSA) is 49.4 Å². The van der Waals surface area contributed by atoms with Crippen LogP contribution in [0.15, 0.2) is 24.3 Å². The van der Waals surface area contributed by atoms with E-state index in [-0.39, 0.29) is 11.8 Å². The van der Waals surface area contributed by atoms with Crippen LogP contribution in [0.25, 0.3) is 0 Å². The second-order valence-electron chi connectivity index (χ2n) is 6.96. The van der Waals surface area contributed by atoms with E-state index >= 15 is 0 Å². The third kappa shape index (κ3) is 3.92. The minimum atomic E-state index is 0.0209. The monoisotopic (exact) mass is 314 g/mol. The first-order valence-electron chi connectivity index (χ1n) is 8.81. The smallest absolute Gasteiger partial charge is 0.251 e. The van der Waals surface area contributed by atoms with E-state index < -0.39 is 0 Å². The lowest BCUT2D eigenvalue weighted by Gasteiger charge is -2.29. The Bertz CT molecular complexity index is 567. The fourth-order valence-electron chi connectivity index (χ4n) is 3.64. The molecule has 4 heteroatoms. The summed E-state index contributed by atoms with van der Waals surface area (Å²) in [6.07, 6.45) is 6.39. The Morgan fingerprint density at radius 2 is 1.91 bits per heavy atom. The molecule has 2 unspecified atom stereocenters. The van der Waals surface area contributed by atoms with Gasteiger partial charge < -0.3 is 10.2 Å². The van der Waals surface area contributed by atoms with Crippen molar-refractivity contribution < 1.29 is 9.59 Å². The van der Waals surface area contributed by atoms with E-state index in [2.05, 4.69) is 12.2 Å². The molecule has 1 heterocycles. The maximum Gasteiger partial charge on any atom is 0.251 e. The third-order valence-electron chi connectivity index (χ3n) is 5.19. The van der Waals surface area contributed by atoms with Gasteiger partial charge in [0.2, 0.25) is 5.91 Å². The lowest BCUT2D eigenvalue weighted by atomic mass is 9.86.